The summed E-state index contributed by atoms with van der Waals surface area (Å²) in [5, 5.41) is 8.04. The number of morpholine rings is 1. The molecule has 0 bridgehead atoms. The van der Waals surface area contributed by atoms with Crippen molar-refractivity contribution in [2.75, 3.05) is 39.4 Å². The van der Waals surface area contributed by atoms with Gasteiger partial charge < -0.3 is 15.4 Å². The van der Waals surface area contributed by atoms with Gasteiger partial charge in [0, 0.05) is 37.1 Å². The van der Waals surface area contributed by atoms with Gasteiger partial charge in [-0.1, -0.05) is 13.8 Å². The molecule has 0 aliphatic carbocycles. The van der Waals surface area contributed by atoms with E-state index in [9.17, 15) is 0 Å². The number of rotatable bonds is 8. The van der Waals surface area contributed by atoms with Crippen molar-refractivity contribution in [3.8, 4) is 0 Å². The lowest BCUT2D eigenvalue weighted by atomic mass is 10.0. The van der Waals surface area contributed by atoms with Crippen molar-refractivity contribution < 1.29 is 4.74 Å². The number of hydrogen-bond acceptors (Lipinski definition) is 5. The minimum Gasteiger partial charge on any atom is -0.379 e. The largest absolute Gasteiger partial charge is 0.379 e. The van der Waals surface area contributed by atoms with Crippen molar-refractivity contribution in [3.05, 3.63) is 15.6 Å². The SMILES string of the molecule is CCNC(=NCc1sc(C)nc1C)NCC(CC(C)C)N1CCOCC1. The molecule has 2 heterocycles. The maximum atomic E-state index is 5.52. The van der Waals surface area contributed by atoms with Crippen LogP contribution in [-0.2, 0) is 11.3 Å². The lowest BCUT2D eigenvalue weighted by Crippen LogP contribution is -2.51. The van der Waals surface area contributed by atoms with Crippen LogP contribution in [0.25, 0.3) is 0 Å². The predicted molar refractivity (Wildman–Crippen MR) is 110 cm³/mol. The van der Waals surface area contributed by atoms with Gasteiger partial charge >= 0.3 is 0 Å². The normalized spacial score (nSPS) is 17.5. The molecule has 1 aromatic rings. The van der Waals surface area contributed by atoms with E-state index in [1.165, 1.54) is 11.3 Å². The first-order chi connectivity index (χ1) is 12.5. The molecule has 1 saturated heterocycles. The fourth-order valence-corrected chi connectivity index (χ4v) is 4.14. The number of thiazole rings is 1. The summed E-state index contributed by atoms with van der Waals surface area (Å²) in [4.78, 5) is 13.1. The van der Waals surface area contributed by atoms with Crippen LogP contribution in [-0.4, -0.2) is 61.3 Å². The van der Waals surface area contributed by atoms with Gasteiger partial charge in [0.15, 0.2) is 5.96 Å². The first-order valence-electron chi connectivity index (χ1n) is 9.76. The average molecular weight is 382 g/mol. The van der Waals surface area contributed by atoms with Gasteiger partial charge in [0.2, 0.25) is 0 Å². The molecular formula is C19H35N5OS. The third-order valence-electron chi connectivity index (χ3n) is 4.54. The fourth-order valence-electron chi connectivity index (χ4n) is 3.28. The molecule has 2 rings (SSSR count). The van der Waals surface area contributed by atoms with Crippen LogP contribution in [0.4, 0.5) is 0 Å². The molecule has 148 valence electrons. The van der Waals surface area contributed by atoms with Gasteiger partial charge in [-0.25, -0.2) is 9.98 Å². The Balaban J connectivity index is 1.97. The van der Waals surface area contributed by atoms with E-state index in [1.807, 2.05) is 6.92 Å². The molecule has 0 amide bonds. The van der Waals surface area contributed by atoms with E-state index >= 15 is 0 Å². The van der Waals surface area contributed by atoms with E-state index in [-0.39, 0.29) is 0 Å². The third-order valence-corrected chi connectivity index (χ3v) is 5.59. The lowest BCUT2D eigenvalue weighted by molar-refractivity contribution is 0.0132. The van der Waals surface area contributed by atoms with E-state index in [1.54, 1.807) is 11.3 Å². The summed E-state index contributed by atoms with van der Waals surface area (Å²) in [5.41, 5.74) is 1.10. The fraction of sp³-hybridized carbons (Fsp3) is 0.789. The number of nitrogens with one attached hydrogen (secondary N) is 2. The van der Waals surface area contributed by atoms with Crippen LogP contribution in [0.2, 0.25) is 0 Å². The van der Waals surface area contributed by atoms with Crippen molar-refractivity contribution in [1.82, 2.24) is 20.5 Å². The van der Waals surface area contributed by atoms with E-state index in [0.29, 0.717) is 18.5 Å². The Morgan fingerprint density at radius 1 is 1.27 bits per heavy atom. The number of nitrogens with zero attached hydrogens (tertiary/aromatic N) is 3. The zero-order chi connectivity index (χ0) is 18.9. The van der Waals surface area contributed by atoms with Crippen molar-refractivity contribution in [3.63, 3.8) is 0 Å². The van der Waals surface area contributed by atoms with Crippen LogP contribution < -0.4 is 10.6 Å². The Bertz CT molecular complexity index is 566. The quantitative estimate of drug-likeness (QED) is 0.535. The summed E-state index contributed by atoms with van der Waals surface area (Å²) in [5.74, 6) is 1.56. The predicted octanol–water partition coefficient (Wildman–Crippen LogP) is 2.56. The van der Waals surface area contributed by atoms with Gasteiger partial charge in [-0.2, -0.15) is 0 Å². The molecule has 7 heteroatoms. The van der Waals surface area contributed by atoms with Gasteiger partial charge in [0.25, 0.3) is 0 Å². The highest BCUT2D eigenvalue weighted by Crippen LogP contribution is 2.18. The second-order valence-corrected chi connectivity index (χ2v) is 8.54. The summed E-state index contributed by atoms with van der Waals surface area (Å²) in [6.45, 7) is 17.0. The van der Waals surface area contributed by atoms with Crippen molar-refractivity contribution in [2.24, 2.45) is 10.9 Å². The van der Waals surface area contributed by atoms with Crippen molar-refractivity contribution in [2.45, 2.75) is 53.6 Å². The second kappa shape index (κ2) is 10.8. The molecule has 26 heavy (non-hydrogen) atoms. The smallest absolute Gasteiger partial charge is 0.191 e. The Morgan fingerprint density at radius 2 is 2.00 bits per heavy atom. The molecule has 1 aliphatic heterocycles. The maximum Gasteiger partial charge on any atom is 0.191 e. The standard InChI is InChI=1S/C19H35N5OS/c1-6-20-19(22-13-18-15(4)23-16(5)26-18)21-12-17(11-14(2)3)24-7-9-25-10-8-24/h14,17H,6-13H2,1-5H3,(H2,20,21,22). The summed E-state index contributed by atoms with van der Waals surface area (Å²) >= 11 is 1.73. The van der Waals surface area contributed by atoms with Crippen LogP contribution >= 0.6 is 11.3 Å². The summed E-state index contributed by atoms with van der Waals surface area (Å²) in [6.07, 6.45) is 1.18. The minimum absolute atomic E-state index is 0.509. The number of aromatic nitrogens is 1. The van der Waals surface area contributed by atoms with E-state index < -0.39 is 0 Å². The van der Waals surface area contributed by atoms with Gasteiger partial charge in [-0.15, -0.1) is 11.3 Å². The molecule has 0 radical (unpaired) electrons. The maximum absolute atomic E-state index is 5.52. The average Bonchev–Trinajstić information content (AvgIpc) is 2.94. The van der Waals surface area contributed by atoms with Gasteiger partial charge in [-0.3, -0.25) is 4.90 Å². The summed E-state index contributed by atoms with van der Waals surface area (Å²) in [6, 6.07) is 0.509. The molecule has 1 atom stereocenters. The molecule has 2 N–H and O–H groups in total. The van der Waals surface area contributed by atoms with E-state index in [2.05, 4.69) is 48.2 Å². The first-order valence-corrected chi connectivity index (χ1v) is 10.6. The number of ether oxygens (including phenoxy) is 1. The van der Waals surface area contributed by atoms with E-state index in [0.717, 1.165) is 56.1 Å². The number of guanidine groups is 1. The second-order valence-electron chi connectivity index (χ2n) is 7.25. The van der Waals surface area contributed by atoms with Crippen LogP contribution in [0.3, 0.4) is 0 Å². The Hall–Kier alpha value is -1.18. The first kappa shape index (κ1) is 21.1. The minimum atomic E-state index is 0.509. The monoisotopic (exact) mass is 381 g/mol. The highest BCUT2D eigenvalue weighted by molar-refractivity contribution is 7.11. The molecule has 6 nitrogen and oxygen atoms in total. The molecule has 0 saturated carbocycles. The summed E-state index contributed by atoms with van der Waals surface area (Å²) in [7, 11) is 0. The Kier molecular flexibility index (Phi) is 8.81. The topological polar surface area (TPSA) is 61.8 Å². The molecule has 1 aromatic heterocycles. The molecule has 1 unspecified atom stereocenters. The Morgan fingerprint density at radius 3 is 2.58 bits per heavy atom. The van der Waals surface area contributed by atoms with Crippen molar-refractivity contribution in [1.29, 1.82) is 0 Å². The van der Waals surface area contributed by atoms with Crippen LogP contribution in [0.15, 0.2) is 4.99 Å². The Labute approximate surface area is 162 Å². The van der Waals surface area contributed by atoms with E-state index in [4.69, 9.17) is 9.73 Å². The summed E-state index contributed by atoms with van der Waals surface area (Å²) < 4.78 is 5.52. The molecule has 0 aromatic carbocycles. The lowest BCUT2D eigenvalue weighted by Gasteiger charge is -2.35. The molecule has 0 spiro atoms. The van der Waals surface area contributed by atoms with Gasteiger partial charge in [-0.05, 0) is 33.1 Å². The highest BCUT2D eigenvalue weighted by Gasteiger charge is 2.22. The zero-order valence-corrected chi connectivity index (χ0v) is 17.8. The number of aliphatic imine (C=N–C) groups is 1. The number of hydrogen-bond donors (Lipinski definition) is 2. The molecule has 1 fully saturated rings. The molecular weight excluding hydrogens is 346 g/mol. The highest BCUT2D eigenvalue weighted by atomic mass is 32.1. The van der Waals surface area contributed by atoms with Crippen LogP contribution in [0, 0.1) is 19.8 Å². The number of aryl methyl sites for hydroxylation is 2. The van der Waals surface area contributed by atoms with Gasteiger partial charge in [0.1, 0.15) is 0 Å². The van der Waals surface area contributed by atoms with Crippen LogP contribution in [0.1, 0.15) is 42.8 Å². The zero-order valence-electron chi connectivity index (χ0n) is 17.0. The van der Waals surface area contributed by atoms with Crippen LogP contribution in [0.5, 0.6) is 0 Å². The molecule has 1 aliphatic rings. The van der Waals surface area contributed by atoms with Crippen molar-refractivity contribution >= 4 is 17.3 Å². The van der Waals surface area contributed by atoms with Gasteiger partial charge in [0.05, 0.1) is 30.5 Å². The third kappa shape index (κ3) is 6.85.